The van der Waals surface area contributed by atoms with Crippen LogP contribution in [0.1, 0.15) is 17.7 Å². The van der Waals surface area contributed by atoms with Crippen LogP contribution in [0.25, 0.3) is 0 Å². The maximum absolute atomic E-state index is 12.2. The van der Waals surface area contributed by atoms with Crippen LogP contribution in [0.4, 0.5) is 5.82 Å². The third kappa shape index (κ3) is 3.96. The first-order valence-corrected chi connectivity index (χ1v) is 8.24. The lowest BCUT2D eigenvalue weighted by atomic mass is 10.2. The van der Waals surface area contributed by atoms with Gasteiger partial charge in [-0.05, 0) is 31.0 Å². The summed E-state index contributed by atoms with van der Waals surface area (Å²) in [7, 11) is 3.13. The third-order valence-corrected chi connectivity index (χ3v) is 4.26. The fourth-order valence-corrected chi connectivity index (χ4v) is 2.73. The molecular formula is C18H21N3O5. The van der Waals surface area contributed by atoms with Gasteiger partial charge in [-0.15, -0.1) is 0 Å². The minimum Gasteiger partial charge on any atom is -0.493 e. The summed E-state index contributed by atoms with van der Waals surface area (Å²) >= 11 is 0. The van der Waals surface area contributed by atoms with Crippen molar-refractivity contribution in [1.29, 1.82) is 0 Å². The standard InChI is InChI=1S/C18H21N3O5/c1-10-6-16(21-26-10)20-18(23)13-8-12(13)17(22)19-9-11-4-5-14(24-2)15(7-11)25-3/h4-7,12-13H,8-9H2,1-3H3,(H,19,22)(H,20,21,23). The summed E-state index contributed by atoms with van der Waals surface area (Å²) in [5.41, 5.74) is 0.885. The number of ether oxygens (including phenoxy) is 2. The summed E-state index contributed by atoms with van der Waals surface area (Å²) in [6.45, 7) is 2.09. The van der Waals surface area contributed by atoms with E-state index in [0.717, 1.165) is 5.56 Å². The van der Waals surface area contributed by atoms with Gasteiger partial charge < -0.3 is 24.6 Å². The number of carbonyl (C=O) groups is 2. The van der Waals surface area contributed by atoms with Gasteiger partial charge >= 0.3 is 0 Å². The normalized spacial score (nSPS) is 18.1. The summed E-state index contributed by atoms with van der Waals surface area (Å²) in [5.74, 6) is 1.20. The van der Waals surface area contributed by atoms with Crippen LogP contribution in [0.3, 0.4) is 0 Å². The second-order valence-corrected chi connectivity index (χ2v) is 6.17. The topological polar surface area (TPSA) is 103 Å². The minimum atomic E-state index is -0.336. The number of amides is 2. The quantitative estimate of drug-likeness (QED) is 0.783. The number of carbonyl (C=O) groups excluding carboxylic acids is 2. The summed E-state index contributed by atoms with van der Waals surface area (Å²) in [6, 6.07) is 7.08. The maximum Gasteiger partial charge on any atom is 0.229 e. The van der Waals surface area contributed by atoms with E-state index in [0.29, 0.717) is 36.0 Å². The number of anilines is 1. The lowest BCUT2D eigenvalue weighted by molar-refractivity contribution is -0.125. The van der Waals surface area contributed by atoms with Crippen LogP contribution in [0.15, 0.2) is 28.8 Å². The molecule has 3 rings (SSSR count). The number of nitrogens with one attached hydrogen (secondary N) is 2. The van der Waals surface area contributed by atoms with Crippen molar-refractivity contribution < 1.29 is 23.6 Å². The van der Waals surface area contributed by atoms with Gasteiger partial charge in [-0.2, -0.15) is 0 Å². The number of rotatable bonds is 7. The molecule has 8 heteroatoms. The van der Waals surface area contributed by atoms with Gasteiger partial charge in [-0.1, -0.05) is 11.2 Å². The van der Waals surface area contributed by atoms with Crippen LogP contribution >= 0.6 is 0 Å². The van der Waals surface area contributed by atoms with Gasteiger partial charge in [-0.25, -0.2) is 0 Å². The predicted octanol–water partition coefficient (Wildman–Crippen LogP) is 1.89. The van der Waals surface area contributed by atoms with E-state index in [1.807, 2.05) is 12.1 Å². The van der Waals surface area contributed by atoms with Gasteiger partial charge in [0.05, 0.1) is 26.1 Å². The lowest BCUT2D eigenvalue weighted by Crippen LogP contribution is -2.27. The Morgan fingerprint density at radius 3 is 2.54 bits per heavy atom. The molecule has 2 unspecified atom stereocenters. The van der Waals surface area contributed by atoms with Gasteiger partial charge in [0.2, 0.25) is 11.8 Å². The van der Waals surface area contributed by atoms with Crippen LogP contribution in [0.5, 0.6) is 11.5 Å². The van der Waals surface area contributed by atoms with Crippen molar-refractivity contribution in [3.8, 4) is 11.5 Å². The van der Waals surface area contributed by atoms with Gasteiger partial charge in [-0.3, -0.25) is 9.59 Å². The maximum atomic E-state index is 12.2. The zero-order valence-corrected chi connectivity index (χ0v) is 14.9. The SMILES string of the molecule is COc1ccc(CNC(=O)C2CC2C(=O)Nc2cc(C)on2)cc1OC. The van der Waals surface area contributed by atoms with Gasteiger partial charge in [0.15, 0.2) is 17.3 Å². The highest BCUT2D eigenvalue weighted by atomic mass is 16.5. The molecule has 8 nitrogen and oxygen atoms in total. The molecule has 0 radical (unpaired) electrons. The van der Waals surface area contributed by atoms with Crippen LogP contribution in [0, 0.1) is 18.8 Å². The first kappa shape index (κ1) is 17.8. The third-order valence-electron chi connectivity index (χ3n) is 4.26. The Labute approximate surface area is 150 Å². The summed E-state index contributed by atoms with van der Waals surface area (Å²) < 4.78 is 15.3. The number of aryl methyl sites for hydroxylation is 1. The van der Waals surface area contributed by atoms with E-state index < -0.39 is 0 Å². The average molecular weight is 359 g/mol. The highest BCUT2D eigenvalue weighted by Gasteiger charge is 2.48. The van der Waals surface area contributed by atoms with Crippen molar-refractivity contribution in [2.45, 2.75) is 19.9 Å². The molecule has 138 valence electrons. The zero-order valence-electron chi connectivity index (χ0n) is 14.9. The summed E-state index contributed by atoms with van der Waals surface area (Å²) in [5, 5.41) is 9.22. The molecule has 2 aromatic rings. The number of nitrogens with zero attached hydrogens (tertiary/aromatic N) is 1. The largest absolute Gasteiger partial charge is 0.493 e. The van der Waals surface area contributed by atoms with E-state index >= 15 is 0 Å². The molecule has 0 bridgehead atoms. The Morgan fingerprint density at radius 2 is 1.88 bits per heavy atom. The van der Waals surface area contributed by atoms with E-state index in [1.165, 1.54) is 0 Å². The lowest BCUT2D eigenvalue weighted by Gasteiger charge is -2.10. The number of aromatic nitrogens is 1. The molecule has 0 aliphatic heterocycles. The van der Waals surface area contributed by atoms with E-state index in [2.05, 4.69) is 15.8 Å². The molecular weight excluding hydrogens is 338 g/mol. The number of methoxy groups -OCH3 is 2. The molecule has 2 N–H and O–H groups in total. The molecule has 0 spiro atoms. The number of benzene rings is 1. The Morgan fingerprint density at radius 1 is 1.15 bits per heavy atom. The fraction of sp³-hybridized carbons (Fsp3) is 0.389. The van der Waals surface area contributed by atoms with E-state index in [1.54, 1.807) is 33.3 Å². The predicted molar refractivity (Wildman–Crippen MR) is 92.9 cm³/mol. The number of hydrogen-bond donors (Lipinski definition) is 2. The monoisotopic (exact) mass is 359 g/mol. The van der Waals surface area contributed by atoms with Crippen molar-refractivity contribution >= 4 is 17.6 Å². The first-order chi connectivity index (χ1) is 12.5. The van der Waals surface area contributed by atoms with Gasteiger partial charge in [0.25, 0.3) is 0 Å². The van der Waals surface area contributed by atoms with Crippen LogP contribution in [-0.4, -0.2) is 31.2 Å². The molecule has 1 aromatic heterocycles. The Balaban J connectivity index is 1.49. The van der Waals surface area contributed by atoms with Crippen molar-refractivity contribution in [1.82, 2.24) is 10.5 Å². The van der Waals surface area contributed by atoms with Crippen LogP contribution in [-0.2, 0) is 16.1 Å². The number of hydrogen-bond acceptors (Lipinski definition) is 6. The van der Waals surface area contributed by atoms with Gasteiger partial charge in [0.1, 0.15) is 5.76 Å². The van der Waals surface area contributed by atoms with Crippen molar-refractivity contribution in [2.75, 3.05) is 19.5 Å². The first-order valence-electron chi connectivity index (χ1n) is 8.24. The molecule has 0 saturated heterocycles. The second-order valence-electron chi connectivity index (χ2n) is 6.17. The van der Waals surface area contributed by atoms with Crippen LogP contribution < -0.4 is 20.1 Å². The summed E-state index contributed by atoms with van der Waals surface area (Å²) in [6.07, 6.45) is 0.528. The summed E-state index contributed by atoms with van der Waals surface area (Å²) in [4.78, 5) is 24.4. The molecule has 2 atom stereocenters. The molecule has 26 heavy (non-hydrogen) atoms. The molecule has 1 aliphatic rings. The molecule has 2 amide bonds. The molecule has 1 aliphatic carbocycles. The Bertz CT molecular complexity index is 817. The second kappa shape index (κ2) is 7.47. The average Bonchev–Trinajstić information content (AvgIpc) is 3.36. The Hall–Kier alpha value is -3.03. The van der Waals surface area contributed by atoms with Crippen molar-refractivity contribution in [3.05, 3.63) is 35.6 Å². The highest BCUT2D eigenvalue weighted by Crippen LogP contribution is 2.39. The van der Waals surface area contributed by atoms with E-state index in [-0.39, 0.29) is 23.7 Å². The molecule has 1 aromatic carbocycles. The van der Waals surface area contributed by atoms with Crippen LogP contribution in [0.2, 0.25) is 0 Å². The van der Waals surface area contributed by atoms with Gasteiger partial charge in [0, 0.05) is 12.6 Å². The molecule has 1 saturated carbocycles. The minimum absolute atomic E-state index is 0.142. The van der Waals surface area contributed by atoms with E-state index in [9.17, 15) is 9.59 Å². The highest BCUT2D eigenvalue weighted by molar-refractivity contribution is 5.99. The van der Waals surface area contributed by atoms with Crippen molar-refractivity contribution in [3.63, 3.8) is 0 Å². The molecule has 1 heterocycles. The van der Waals surface area contributed by atoms with Crippen molar-refractivity contribution in [2.24, 2.45) is 11.8 Å². The van der Waals surface area contributed by atoms with E-state index in [4.69, 9.17) is 14.0 Å². The zero-order chi connectivity index (χ0) is 18.7. The smallest absolute Gasteiger partial charge is 0.229 e. The fourth-order valence-electron chi connectivity index (χ4n) is 2.73. The Kier molecular flexibility index (Phi) is 5.11. The molecule has 1 fully saturated rings.